The molecule has 0 rings (SSSR count). The van der Waals surface area contributed by atoms with Gasteiger partial charge in [0, 0.05) is 12.8 Å². The summed E-state index contributed by atoms with van der Waals surface area (Å²) in [6.45, 7) is 3.97. The average molecular weight is 1180 g/mol. The van der Waals surface area contributed by atoms with Gasteiger partial charge < -0.3 is 27.9 Å². The summed E-state index contributed by atoms with van der Waals surface area (Å²) >= 11 is 0. The van der Waals surface area contributed by atoms with Gasteiger partial charge in [-0.15, -0.1) is 0 Å². The third-order valence-corrected chi connectivity index (χ3v) is 14.2. The zero-order valence-corrected chi connectivity index (χ0v) is 54.7. The van der Waals surface area contributed by atoms with E-state index in [0.717, 1.165) is 154 Å². The molecule has 0 aliphatic heterocycles. The summed E-state index contributed by atoms with van der Waals surface area (Å²) in [4.78, 5) is 38.0. The largest absolute Gasteiger partial charge is 0.756 e. The maximum absolute atomic E-state index is 12.8. The molecule has 0 spiro atoms. The lowest BCUT2D eigenvalue weighted by Crippen LogP contribution is -2.37. The van der Waals surface area contributed by atoms with Crippen LogP contribution in [0.2, 0.25) is 0 Å². The van der Waals surface area contributed by atoms with Gasteiger partial charge in [-0.2, -0.15) is 0 Å². The third-order valence-electron chi connectivity index (χ3n) is 13.2. The van der Waals surface area contributed by atoms with Crippen LogP contribution in [0.3, 0.4) is 0 Å². The minimum Gasteiger partial charge on any atom is -0.756 e. The second-order valence-corrected chi connectivity index (χ2v) is 23.8. The second kappa shape index (κ2) is 62.9. The summed E-state index contributed by atoms with van der Waals surface area (Å²) in [5, 5.41) is 0. The van der Waals surface area contributed by atoms with Gasteiger partial charge in [0.25, 0.3) is 7.82 Å². The van der Waals surface area contributed by atoms with Gasteiger partial charge in [0.2, 0.25) is 0 Å². The number of carbonyl (C=O) groups excluding carboxylic acids is 2. The van der Waals surface area contributed by atoms with E-state index in [2.05, 4.69) is 184 Å². The van der Waals surface area contributed by atoms with E-state index < -0.39 is 32.5 Å². The average Bonchev–Trinajstić information content (AvgIpc) is 3.61. The topological polar surface area (TPSA) is 111 Å². The molecule has 0 radical (unpaired) electrons. The number of esters is 2. The Labute approximate surface area is 515 Å². The molecule has 0 aromatic heterocycles. The molecular weight excluding hydrogens is 1060 g/mol. The number of nitrogens with zero attached hydrogens (tertiary/aromatic N) is 1. The second-order valence-electron chi connectivity index (χ2n) is 22.4. The SMILES string of the molecule is CC/C=C\C/C=C\C/C=C\C/C=C\C/C=C\C/C=C\C/C=C\C/C=C\CCCCCCCCC(=O)OC(COC(=O)CCCCCCCCCCCC/C=C\C/C=C\C/C=C\C/C=C\C/C=C\C/C=C\CC)COP(=O)([O-])OCC[N+](C)(C)C. The van der Waals surface area contributed by atoms with Crippen LogP contribution >= 0.6 is 7.82 Å². The van der Waals surface area contributed by atoms with Crippen molar-refractivity contribution < 1.29 is 42.1 Å². The molecule has 474 valence electrons. The Hall–Kier alpha value is -4.63. The van der Waals surface area contributed by atoms with Crippen LogP contribution in [0, 0.1) is 0 Å². The van der Waals surface area contributed by atoms with Crippen molar-refractivity contribution in [2.45, 2.75) is 238 Å². The predicted octanol–water partition coefficient (Wildman–Crippen LogP) is 20.7. The summed E-state index contributed by atoms with van der Waals surface area (Å²) in [6.07, 6.45) is 95.5. The number of ether oxygens (including phenoxy) is 2. The molecule has 10 heteroatoms. The molecule has 9 nitrogen and oxygen atoms in total. The molecule has 84 heavy (non-hydrogen) atoms. The molecule has 0 heterocycles. The first-order chi connectivity index (χ1) is 41.0. The first-order valence-corrected chi connectivity index (χ1v) is 34.3. The number of rotatable bonds is 58. The number of phosphoric acid groups is 1. The number of allylic oxidation sites excluding steroid dienone is 28. The first kappa shape index (κ1) is 79.4. The van der Waals surface area contributed by atoms with Crippen molar-refractivity contribution in [3.63, 3.8) is 0 Å². The smallest absolute Gasteiger partial charge is 0.306 e. The van der Waals surface area contributed by atoms with E-state index in [0.29, 0.717) is 23.9 Å². The lowest BCUT2D eigenvalue weighted by Gasteiger charge is -2.28. The number of likely N-dealkylation sites (N-methyl/N-ethyl adjacent to an activating group) is 1. The number of phosphoric ester groups is 1. The first-order valence-electron chi connectivity index (χ1n) is 32.8. The molecular formula is C74H120NO8P. The van der Waals surface area contributed by atoms with Gasteiger partial charge in [0.05, 0.1) is 27.7 Å². The van der Waals surface area contributed by atoms with Gasteiger partial charge in [-0.25, -0.2) is 0 Å². The van der Waals surface area contributed by atoms with Crippen LogP contribution in [0.15, 0.2) is 170 Å². The highest BCUT2D eigenvalue weighted by Crippen LogP contribution is 2.38. The lowest BCUT2D eigenvalue weighted by atomic mass is 10.1. The Morgan fingerprint density at radius 1 is 0.369 bits per heavy atom. The Bertz CT molecular complexity index is 2020. The highest BCUT2D eigenvalue weighted by atomic mass is 31.2. The van der Waals surface area contributed by atoms with Gasteiger partial charge in [0.1, 0.15) is 19.8 Å². The van der Waals surface area contributed by atoms with Crippen molar-refractivity contribution in [2.24, 2.45) is 0 Å². The zero-order chi connectivity index (χ0) is 61.2. The van der Waals surface area contributed by atoms with E-state index in [9.17, 15) is 19.0 Å². The third kappa shape index (κ3) is 66.5. The molecule has 0 aromatic carbocycles. The fourth-order valence-corrected chi connectivity index (χ4v) is 8.99. The van der Waals surface area contributed by atoms with Crippen LogP contribution in [-0.2, 0) is 32.7 Å². The predicted molar refractivity (Wildman–Crippen MR) is 360 cm³/mol. The molecule has 0 fully saturated rings. The maximum atomic E-state index is 12.8. The normalized spacial score (nSPS) is 14.3. The maximum Gasteiger partial charge on any atom is 0.306 e. The monoisotopic (exact) mass is 1180 g/mol. The Morgan fingerprint density at radius 2 is 0.643 bits per heavy atom. The number of unbranched alkanes of at least 4 members (excludes halogenated alkanes) is 16. The van der Waals surface area contributed by atoms with Gasteiger partial charge in [-0.1, -0.05) is 261 Å². The van der Waals surface area contributed by atoms with Crippen LogP contribution < -0.4 is 4.89 Å². The summed E-state index contributed by atoms with van der Waals surface area (Å²) in [5.74, 6) is -0.867. The van der Waals surface area contributed by atoms with E-state index in [4.69, 9.17) is 18.5 Å². The molecule has 0 N–H and O–H groups in total. The van der Waals surface area contributed by atoms with Gasteiger partial charge in [-0.05, 0) is 128 Å². The molecule has 0 aliphatic carbocycles. The van der Waals surface area contributed by atoms with Crippen molar-refractivity contribution in [3.8, 4) is 0 Å². The fraction of sp³-hybridized carbons (Fsp3) is 0.595. The van der Waals surface area contributed by atoms with E-state index >= 15 is 0 Å². The molecule has 0 aliphatic rings. The Balaban J connectivity index is 4.21. The molecule has 2 atom stereocenters. The van der Waals surface area contributed by atoms with Crippen molar-refractivity contribution >= 4 is 19.8 Å². The summed E-state index contributed by atoms with van der Waals surface area (Å²) in [6, 6.07) is 0. The summed E-state index contributed by atoms with van der Waals surface area (Å²) in [7, 11) is 1.13. The Kier molecular flexibility index (Phi) is 59.4. The molecule has 0 aromatic rings. The summed E-state index contributed by atoms with van der Waals surface area (Å²) < 4.78 is 34.2. The Morgan fingerprint density at radius 3 is 0.952 bits per heavy atom. The van der Waals surface area contributed by atoms with Gasteiger partial charge in [0.15, 0.2) is 6.10 Å². The molecule has 0 saturated heterocycles. The highest BCUT2D eigenvalue weighted by molar-refractivity contribution is 7.45. The van der Waals surface area contributed by atoms with Crippen molar-refractivity contribution in [1.29, 1.82) is 0 Å². The van der Waals surface area contributed by atoms with E-state index in [-0.39, 0.29) is 26.1 Å². The number of hydrogen-bond donors (Lipinski definition) is 0. The van der Waals surface area contributed by atoms with Crippen LogP contribution in [0.25, 0.3) is 0 Å². The van der Waals surface area contributed by atoms with Crippen LogP contribution in [0.5, 0.6) is 0 Å². The lowest BCUT2D eigenvalue weighted by molar-refractivity contribution is -0.870. The number of quaternary nitrogens is 1. The highest BCUT2D eigenvalue weighted by Gasteiger charge is 2.22. The molecule has 2 unspecified atom stereocenters. The minimum atomic E-state index is -4.66. The zero-order valence-electron chi connectivity index (χ0n) is 53.8. The van der Waals surface area contributed by atoms with E-state index in [1.165, 1.54) is 38.5 Å². The molecule has 0 amide bonds. The quantitative estimate of drug-likeness (QED) is 0.0195. The van der Waals surface area contributed by atoms with Crippen LogP contribution in [-0.4, -0.2) is 70.0 Å². The van der Waals surface area contributed by atoms with E-state index in [1.54, 1.807) is 0 Å². The summed E-state index contributed by atoms with van der Waals surface area (Å²) in [5.41, 5.74) is 0. The van der Waals surface area contributed by atoms with Gasteiger partial charge in [-0.3, -0.25) is 14.2 Å². The van der Waals surface area contributed by atoms with Crippen LogP contribution in [0.4, 0.5) is 0 Å². The van der Waals surface area contributed by atoms with Gasteiger partial charge >= 0.3 is 11.9 Å². The molecule has 0 saturated carbocycles. The number of carbonyl (C=O) groups is 2. The minimum absolute atomic E-state index is 0.0445. The van der Waals surface area contributed by atoms with Crippen LogP contribution in [0.1, 0.15) is 232 Å². The number of hydrogen-bond acceptors (Lipinski definition) is 8. The standard InChI is InChI=1S/C74H120NO8P/c1-6-8-10-12-14-16-18-20-22-24-26-28-30-32-34-36-37-39-41-43-45-47-49-51-53-55-57-59-61-63-65-67-74(77)83-72(71-82-84(78,79)81-69-68-75(3,4)5)70-80-73(76)66-64-62-60-58-56-54-52-50-48-46-44-42-40-38-35-33-31-29-27-25-23-21-19-17-15-13-11-9-7-2/h8-11,14-17,20-23,26-29,32-35,37,39-40,42-43,45,49,51,72H,6-7,12-13,18-19,24-25,30-31,36,38,41,44,46-48,50,52-71H2,1-5H3/b10-8-,11-9-,16-14-,17-15-,22-20-,23-21-,28-26-,29-27-,34-32-,35-33-,39-37-,42-40-,45-43-,51-49-. The van der Waals surface area contributed by atoms with Crippen molar-refractivity contribution in [2.75, 3.05) is 47.5 Å². The molecule has 0 bridgehead atoms. The van der Waals surface area contributed by atoms with Crippen molar-refractivity contribution in [1.82, 2.24) is 0 Å². The fourth-order valence-electron chi connectivity index (χ4n) is 8.26. The van der Waals surface area contributed by atoms with E-state index in [1.807, 2.05) is 21.1 Å². The van der Waals surface area contributed by atoms with Crippen molar-refractivity contribution in [3.05, 3.63) is 170 Å².